The first-order valence-corrected chi connectivity index (χ1v) is 26.3. The predicted molar refractivity (Wildman–Crippen MR) is 255 cm³/mol. The number of amides is 3. The average Bonchev–Trinajstić information content (AvgIpc) is 4.02. The minimum absolute atomic E-state index is 0.107. The first-order chi connectivity index (χ1) is 32.5. The van der Waals surface area contributed by atoms with Gasteiger partial charge in [-0.1, -0.05) is 15.5 Å². The lowest BCUT2D eigenvalue weighted by Crippen LogP contribution is -2.31. The number of nitrogens with zero attached hydrogens (tertiary/aromatic N) is 9. The Bertz CT molecular complexity index is 2220. The van der Waals surface area contributed by atoms with Crippen LogP contribution in [0.15, 0.2) is 64.0 Å². The van der Waals surface area contributed by atoms with Gasteiger partial charge in [-0.15, -0.1) is 25.7 Å². The maximum absolute atomic E-state index is 14.4. The lowest BCUT2D eigenvalue weighted by Gasteiger charge is -2.24. The van der Waals surface area contributed by atoms with Crippen molar-refractivity contribution >= 4 is 97.2 Å². The fourth-order valence-electron chi connectivity index (χ4n) is 7.53. The molecule has 3 fully saturated rings. The molecule has 3 unspecified atom stereocenters. The van der Waals surface area contributed by atoms with E-state index in [1.54, 1.807) is 34.1 Å². The Labute approximate surface area is 389 Å². The molecule has 0 spiro atoms. The molecule has 0 N–H and O–H groups in total. The highest BCUT2D eigenvalue weighted by molar-refractivity contribution is 7.37. The van der Waals surface area contributed by atoms with Crippen LogP contribution in [0.25, 0.3) is 0 Å². The van der Waals surface area contributed by atoms with E-state index in [-0.39, 0.29) is 36.3 Å². The van der Waals surface area contributed by atoms with Gasteiger partial charge in [-0.2, -0.15) is 0 Å². The van der Waals surface area contributed by atoms with Crippen molar-refractivity contribution in [2.45, 2.75) is 18.3 Å². The molecule has 3 aromatic rings. The van der Waals surface area contributed by atoms with Gasteiger partial charge in [0.15, 0.2) is 11.6 Å². The molecular weight excluding hydrogens is 943 g/mol. The average molecular weight is 994 g/mol. The molecule has 0 bridgehead atoms. The molecule has 9 rings (SSSR count). The van der Waals surface area contributed by atoms with Crippen molar-refractivity contribution < 1.29 is 60.7 Å². The van der Waals surface area contributed by atoms with Crippen LogP contribution in [0.2, 0.25) is 0 Å². The van der Waals surface area contributed by atoms with Gasteiger partial charge in [0.2, 0.25) is 0 Å². The number of halogens is 4. The van der Waals surface area contributed by atoms with E-state index < -0.39 is 41.5 Å². The second-order valence-corrected chi connectivity index (χ2v) is 18.6. The third kappa shape index (κ3) is 12.3. The molecule has 6 heterocycles. The molecule has 67 heavy (non-hydrogen) atoms. The predicted octanol–water partition coefficient (Wildman–Crippen LogP) is 6.86. The highest BCUT2D eigenvalue weighted by Gasteiger charge is 2.35. The standard InChI is InChI=1S/C14H16F2N3O3P.2C14H17FN3O3P/c1-23-7-10-6-19(14(20)22-10)9-4-11(15)13(12(16)5-9)18-2-3-21-17-8-18;2*1-22-8-11-7-18(14(19)21-11)10-2-3-13(12(15)6-10)17-4-5-20-16-9-17/h4-5,8,10,23H,2-3,6-7H2,1H3;2*2-3,6,9,11,22H,4-5,7-8H2,1H3/t10-;2*11-/m111/s1. The Morgan fingerprint density at radius 1 is 0.507 bits per heavy atom. The van der Waals surface area contributed by atoms with E-state index in [4.69, 9.17) is 28.7 Å². The summed E-state index contributed by atoms with van der Waals surface area (Å²) >= 11 is 0. The number of carbonyl (C=O) groups excluding carboxylic acids is 3. The first-order valence-electron chi connectivity index (χ1n) is 21.2. The van der Waals surface area contributed by atoms with E-state index in [1.807, 2.05) is 6.66 Å². The van der Waals surface area contributed by atoms with Gasteiger partial charge >= 0.3 is 18.3 Å². The van der Waals surface area contributed by atoms with E-state index in [0.29, 0.717) is 101 Å². The maximum atomic E-state index is 14.4. The summed E-state index contributed by atoms with van der Waals surface area (Å²) in [4.78, 5) is 59.0. The van der Waals surface area contributed by atoms with Gasteiger partial charge in [0.1, 0.15) is 74.5 Å². The fraction of sp³-hybridized carbons (Fsp3) is 0.429. The van der Waals surface area contributed by atoms with Gasteiger partial charge in [0, 0.05) is 30.6 Å². The van der Waals surface area contributed by atoms with Crippen molar-refractivity contribution in [2.24, 2.45) is 15.5 Å². The first kappa shape index (κ1) is 49.2. The molecule has 3 amide bonds. The number of oxime groups is 3. The minimum atomic E-state index is -0.762. The number of anilines is 6. The molecular formula is C42H50F4N9O9P3. The zero-order chi connectivity index (χ0) is 47.5. The number of hydrogen-bond acceptors (Lipinski definition) is 15. The van der Waals surface area contributed by atoms with Crippen molar-refractivity contribution in [3.05, 3.63) is 71.8 Å². The molecule has 0 radical (unpaired) electrons. The number of rotatable bonds is 12. The molecule has 25 heteroatoms. The van der Waals surface area contributed by atoms with Crippen LogP contribution in [-0.4, -0.2) is 153 Å². The monoisotopic (exact) mass is 993 g/mol. The summed E-state index contributed by atoms with van der Waals surface area (Å²) in [5, 5.41) is 10.9. The van der Waals surface area contributed by atoms with Crippen LogP contribution >= 0.6 is 25.7 Å². The fourth-order valence-corrected chi connectivity index (χ4v) is 9.53. The quantitative estimate of drug-likeness (QED) is 0.106. The van der Waals surface area contributed by atoms with Crippen molar-refractivity contribution in [3.63, 3.8) is 0 Å². The number of carbonyl (C=O) groups is 3. The van der Waals surface area contributed by atoms with Crippen LogP contribution in [0.4, 0.5) is 66.1 Å². The Kier molecular flexibility index (Phi) is 17.1. The zero-order valence-electron chi connectivity index (χ0n) is 36.8. The third-order valence-electron chi connectivity index (χ3n) is 10.7. The largest absolute Gasteiger partial charge is 0.444 e. The highest BCUT2D eigenvalue weighted by atomic mass is 31.1. The molecule has 360 valence electrons. The maximum Gasteiger partial charge on any atom is 0.414 e. The lowest BCUT2D eigenvalue weighted by atomic mass is 10.2. The Hall–Kier alpha value is -5.71. The van der Waals surface area contributed by atoms with Crippen LogP contribution in [-0.2, 0) is 28.7 Å². The van der Waals surface area contributed by atoms with Gasteiger partial charge in [0.05, 0.1) is 67.7 Å². The van der Waals surface area contributed by atoms with Crippen molar-refractivity contribution in [1.29, 1.82) is 0 Å². The lowest BCUT2D eigenvalue weighted by molar-refractivity contribution is 0.144. The topological polar surface area (TPSA) is 163 Å². The van der Waals surface area contributed by atoms with Gasteiger partial charge in [0.25, 0.3) is 0 Å². The second kappa shape index (κ2) is 23.3. The van der Waals surface area contributed by atoms with Crippen molar-refractivity contribution in [3.8, 4) is 0 Å². The van der Waals surface area contributed by atoms with Crippen molar-refractivity contribution in [2.75, 3.05) is 127 Å². The molecule has 6 atom stereocenters. The van der Waals surface area contributed by atoms with Crippen molar-refractivity contribution in [1.82, 2.24) is 0 Å². The molecule has 0 saturated carbocycles. The summed E-state index contributed by atoms with van der Waals surface area (Å²) in [6.45, 7) is 9.81. The number of ether oxygens (including phenoxy) is 3. The van der Waals surface area contributed by atoms with E-state index in [2.05, 4.69) is 28.8 Å². The Morgan fingerprint density at radius 3 is 1.18 bits per heavy atom. The van der Waals surface area contributed by atoms with Gasteiger partial charge in [-0.3, -0.25) is 14.7 Å². The van der Waals surface area contributed by atoms with Gasteiger partial charge in [-0.25, -0.2) is 31.9 Å². The second-order valence-electron chi connectivity index (χ2n) is 15.3. The summed E-state index contributed by atoms with van der Waals surface area (Å²) in [5.74, 6) is -2.33. The molecule has 18 nitrogen and oxygen atoms in total. The van der Waals surface area contributed by atoms with E-state index >= 15 is 0 Å². The van der Waals surface area contributed by atoms with Crippen LogP contribution in [0.3, 0.4) is 0 Å². The molecule has 6 aliphatic rings. The molecule has 6 aliphatic heterocycles. The molecule has 0 aromatic heterocycles. The molecule has 3 saturated heterocycles. The van der Waals surface area contributed by atoms with Gasteiger partial charge < -0.3 is 43.4 Å². The summed E-state index contributed by atoms with van der Waals surface area (Å²) in [6, 6.07) is 11.7. The van der Waals surface area contributed by atoms with Gasteiger partial charge in [-0.05, 0) is 56.4 Å². The van der Waals surface area contributed by atoms with E-state index in [0.717, 1.165) is 30.6 Å². The normalized spacial score (nSPS) is 21.4. The Balaban J connectivity index is 0.000000149. The molecule has 3 aromatic carbocycles. The number of hydrogen-bond donors (Lipinski definition) is 0. The van der Waals surface area contributed by atoms with Crippen LogP contribution in [0.5, 0.6) is 0 Å². The van der Waals surface area contributed by atoms with E-state index in [1.165, 1.54) is 50.7 Å². The minimum Gasteiger partial charge on any atom is -0.444 e. The van der Waals surface area contributed by atoms with Crippen LogP contribution < -0.4 is 29.4 Å². The Morgan fingerprint density at radius 2 is 0.851 bits per heavy atom. The summed E-state index contributed by atoms with van der Waals surface area (Å²) < 4.78 is 73.1. The number of cyclic esters (lactones) is 3. The highest BCUT2D eigenvalue weighted by Crippen LogP contribution is 2.33. The van der Waals surface area contributed by atoms with E-state index in [9.17, 15) is 31.9 Å². The number of benzene rings is 3. The summed E-state index contributed by atoms with van der Waals surface area (Å²) in [7, 11) is 2.07. The summed E-state index contributed by atoms with van der Waals surface area (Å²) in [5.41, 5.74) is 1.79. The smallest absolute Gasteiger partial charge is 0.414 e. The zero-order valence-corrected chi connectivity index (χ0v) is 39.8. The summed E-state index contributed by atoms with van der Waals surface area (Å²) in [6.07, 6.45) is 4.70. The third-order valence-corrected chi connectivity index (χ3v) is 13.3. The molecule has 0 aliphatic carbocycles. The van der Waals surface area contributed by atoms with Crippen LogP contribution in [0, 0.1) is 23.3 Å². The van der Waals surface area contributed by atoms with Crippen LogP contribution in [0.1, 0.15) is 0 Å². The SMILES string of the molecule is CPC[C@H]1CN(c2cc(F)c(N3C=NOCC3)c(F)c2)C(=O)O1.CPC[C@H]1CN(c2ccc(N3C=NOCC3)c(F)c2)C(=O)O1.CPC[C@H]1CN(c2ccc(N3C=NOCC3)c(F)c2)C(=O)O1.